The summed E-state index contributed by atoms with van der Waals surface area (Å²) in [6.07, 6.45) is -0.512. The Morgan fingerprint density at radius 2 is 2.17 bits per heavy atom. The molecule has 64 valence electrons. The van der Waals surface area contributed by atoms with Crippen LogP contribution in [0.5, 0.6) is 0 Å². The molecule has 1 aromatic carbocycles. The molecular formula is C10H11FO. The molecule has 0 aliphatic heterocycles. The molecule has 0 aromatic heterocycles. The lowest BCUT2D eigenvalue weighted by Crippen LogP contribution is -2.12. The highest BCUT2D eigenvalue weighted by molar-refractivity contribution is 5.35. The normalized spacial score (nSPS) is 27.2. The van der Waals surface area contributed by atoms with E-state index in [9.17, 15) is 4.39 Å². The van der Waals surface area contributed by atoms with Gasteiger partial charge in [-0.3, -0.25) is 0 Å². The average molecular weight is 166 g/mol. The van der Waals surface area contributed by atoms with Crippen molar-refractivity contribution in [2.75, 3.05) is 7.11 Å². The molecular weight excluding hydrogens is 155 g/mol. The van der Waals surface area contributed by atoms with E-state index in [0.29, 0.717) is 6.42 Å². The van der Waals surface area contributed by atoms with Crippen LogP contribution in [0.25, 0.3) is 0 Å². The van der Waals surface area contributed by atoms with E-state index in [1.165, 1.54) is 0 Å². The van der Waals surface area contributed by atoms with E-state index in [-0.39, 0.29) is 6.10 Å². The molecule has 0 saturated carbocycles. The predicted octanol–water partition coefficient (Wildman–Crippen LogP) is 2.27. The number of fused-ring (bicyclic) bond motifs is 1. The minimum atomic E-state index is -0.939. The van der Waals surface area contributed by atoms with E-state index in [2.05, 4.69) is 0 Å². The summed E-state index contributed by atoms with van der Waals surface area (Å²) >= 11 is 0. The van der Waals surface area contributed by atoms with Crippen LogP contribution in [0, 0.1) is 0 Å². The number of alkyl halides is 1. The van der Waals surface area contributed by atoms with E-state index in [4.69, 9.17) is 4.74 Å². The Hall–Kier alpha value is -0.890. The molecule has 2 heteroatoms. The molecule has 0 heterocycles. The molecule has 0 saturated heterocycles. The molecule has 12 heavy (non-hydrogen) atoms. The van der Waals surface area contributed by atoms with Crippen molar-refractivity contribution in [2.45, 2.75) is 18.7 Å². The van der Waals surface area contributed by atoms with Gasteiger partial charge in [0.05, 0.1) is 6.10 Å². The number of hydrogen-bond acceptors (Lipinski definition) is 1. The van der Waals surface area contributed by atoms with Crippen molar-refractivity contribution in [2.24, 2.45) is 0 Å². The molecule has 1 nitrogen and oxygen atoms in total. The van der Waals surface area contributed by atoms with Crippen molar-refractivity contribution in [1.29, 1.82) is 0 Å². The van der Waals surface area contributed by atoms with Gasteiger partial charge < -0.3 is 4.74 Å². The number of hydrogen-bond donors (Lipinski definition) is 0. The van der Waals surface area contributed by atoms with Crippen molar-refractivity contribution in [1.82, 2.24) is 0 Å². The third-order valence-corrected chi connectivity index (χ3v) is 2.40. The smallest absolute Gasteiger partial charge is 0.152 e. The fraction of sp³-hybridized carbons (Fsp3) is 0.400. The lowest BCUT2D eigenvalue weighted by Gasteiger charge is -2.09. The Labute approximate surface area is 71.2 Å². The highest BCUT2D eigenvalue weighted by Crippen LogP contribution is 2.35. The van der Waals surface area contributed by atoms with Gasteiger partial charge in [-0.2, -0.15) is 0 Å². The number of rotatable bonds is 1. The molecule has 2 atom stereocenters. The Balaban J connectivity index is 2.35. The first-order chi connectivity index (χ1) is 5.83. The molecule has 2 rings (SSSR count). The molecule has 0 amide bonds. The number of ether oxygens (including phenoxy) is 1. The summed E-state index contributed by atoms with van der Waals surface area (Å²) < 4.78 is 18.5. The molecule has 1 aliphatic carbocycles. The first kappa shape index (κ1) is 7.74. The van der Waals surface area contributed by atoms with E-state index in [1.54, 1.807) is 7.11 Å². The highest BCUT2D eigenvalue weighted by atomic mass is 19.1. The summed E-state index contributed by atoms with van der Waals surface area (Å²) in [6.45, 7) is 0. The Kier molecular flexibility index (Phi) is 1.85. The van der Waals surface area contributed by atoms with Gasteiger partial charge in [0.15, 0.2) is 6.17 Å². The number of benzene rings is 1. The van der Waals surface area contributed by atoms with Crippen LogP contribution in [0.15, 0.2) is 24.3 Å². The van der Waals surface area contributed by atoms with Gasteiger partial charge in [-0.15, -0.1) is 0 Å². The van der Waals surface area contributed by atoms with Crippen LogP contribution in [0.1, 0.15) is 17.3 Å². The van der Waals surface area contributed by atoms with Gasteiger partial charge in [-0.1, -0.05) is 24.3 Å². The van der Waals surface area contributed by atoms with Crippen molar-refractivity contribution >= 4 is 0 Å². The van der Waals surface area contributed by atoms with Gasteiger partial charge in [-0.05, 0) is 11.1 Å². The second kappa shape index (κ2) is 2.87. The number of methoxy groups -OCH3 is 1. The third kappa shape index (κ3) is 1.03. The zero-order chi connectivity index (χ0) is 8.55. The Morgan fingerprint density at radius 1 is 1.42 bits per heavy atom. The largest absolute Gasteiger partial charge is 0.378 e. The summed E-state index contributed by atoms with van der Waals surface area (Å²) in [4.78, 5) is 0. The Bertz CT molecular complexity index is 285. The second-order valence-electron chi connectivity index (χ2n) is 3.08. The average Bonchev–Trinajstić information content (AvgIpc) is 2.44. The quantitative estimate of drug-likeness (QED) is 0.621. The van der Waals surface area contributed by atoms with E-state index in [0.717, 1.165) is 11.1 Å². The van der Waals surface area contributed by atoms with Crippen molar-refractivity contribution in [3.05, 3.63) is 35.4 Å². The van der Waals surface area contributed by atoms with Crippen LogP contribution in [-0.4, -0.2) is 13.2 Å². The highest BCUT2D eigenvalue weighted by Gasteiger charge is 2.31. The fourth-order valence-electron chi connectivity index (χ4n) is 1.71. The van der Waals surface area contributed by atoms with Crippen molar-refractivity contribution < 1.29 is 9.13 Å². The van der Waals surface area contributed by atoms with Crippen LogP contribution in [0.2, 0.25) is 0 Å². The minimum absolute atomic E-state index is 0.276. The maximum absolute atomic E-state index is 13.5. The van der Waals surface area contributed by atoms with Crippen LogP contribution >= 0.6 is 0 Å². The predicted molar refractivity (Wildman–Crippen MR) is 44.8 cm³/mol. The molecule has 1 aliphatic rings. The van der Waals surface area contributed by atoms with E-state index in [1.807, 2.05) is 24.3 Å². The standard InChI is InChI=1S/C10H11FO/c1-12-9-6-7-4-2-3-5-8(7)10(9)11/h2-5,9-10H,6H2,1H3/t9-,10-/m1/s1. The molecule has 0 fully saturated rings. The van der Waals surface area contributed by atoms with Gasteiger partial charge in [0.25, 0.3) is 0 Å². The second-order valence-corrected chi connectivity index (χ2v) is 3.08. The minimum Gasteiger partial charge on any atom is -0.378 e. The lowest BCUT2D eigenvalue weighted by atomic mass is 10.1. The van der Waals surface area contributed by atoms with E-state index >= 15 is 0 Å². The first-order valence-electron chi connectivity index (χ1n) is 4.07. The van der Waals surface area contributed by atoms with Gasteiger partial charge in [0, 0.05) is 13.5 Å². The molecule has 0 radical (unpaired) electrons. The summed E-state index contributed by atoms with van der Waals surface area (Å²) in [7, 11) is 1.56. The summed E-state index contributed by atoms with van der Waals surface area (Å²) in [5, 5.41) is 0. The van der Waals surface area contributed by atoms with Crippen molar-refractivity contribution in [3.63, 3.8) is 0 Å². The Morgan fingerprint density at radius 3 is 2.83 bits per heavy atom. The molecule has 0 unspecified atom stereocenters. The van der Waals surface area contributed by atoms with Crippen molar-refractivity contribution in [3.8, 4) is 0 Å². The summed E-state index contributed by atoms with van der Waals surface area (Å²) in [5.41, 5.74) is 1.88. The van der Waals surface area contributed by atoms with Crippen LogP contribution in [0.4, 0.5) is 4.39 Å². The van der Waals surface area contributed by atoms with E-state index < -0.39 is 6.17 Å². The lowest BCUT2D eigenvalue weighted by molar-refractivity contribution is 0.0441. The SMILES string of the molecule is CO[C@@H]1Cc2ccccc2[C@H]1F. The van der Waals surface area contributed by atoms with Gasteiger partial charge >= 0.3 is 0 Å². The maximum atomic E-state index is 13.5. The van der Waals surface area contributed by atoms with Gasteiger partial charge in [0.2, 0.25) is 0 Å². The fourth-order valence-corrected chi connectivity index (χ4v) is 1.71. The summed E-state index contributed by atoms with van der Waals surface area (Å²) in [5.74, 6) is 0. The monoisotopic (exact) mass is 166 g/mol. The first-order valence-corrected chi connectivity index (χ1v) is 4.07. The third-order valence-electron chi connectivity index (χ3n) is 2.40. The molecule has 0 bridgehead atoms. The maximum Gasteiger partial charge on any atom is 0.152 e. The van der Waals surface area contributed by atoms with Crippen LogP contribution in [0.3, 0.4) is 0 Å². The number of halogens is 1. The van der Waals surface area contributed by atoms with Crippen LogP contribution in [-0.2, 0) is 11.2 Å². The van der Waals surface area contributed by atoms with Gasteiger partial charge in [0.1, 0.15) is 0 Å². The topological polar surface area (TPSA) is 9.23 Å². The molecule has 1 aromatic rings. The molecule has 0 N–H and O–H groups in total. The van der Waals surface area contributed by atoms with Gasteiger partial charge in [-0.25, -0.2) is 4.39 Å². The molecule has 0 spiro atoms. The summed E-state index contributed by atoms with van der Waals surface area (Å²) in [6, 6.07) is 7.59. The zero-order valence-electron chi connectivity index (χ0n) is 6.96. The van der Waals surface area contributed by atoms with Crippen LogP contribution < -0.4 is 0 Å². The zero-order valence-corrected chi connectivity index (χ0v) is 6.96.